The highest BCUT2D eigenvalue weighted by atomic mass is 32.2. The summed E-state index contributed by atoms with van der Waals surface area (Å²) in [6.45, 7) is 1.50. The number of carbonyl (C=O) groups is 1. The molecule has 0 bridgehead atoms. The van der Waals surface area contributed by atoms with E-state index in [2.05, 4.69) is 0 Å². The van der Waals surface area contributed by atoms with E-state index in [1.54, 1.807) is 23.1 Å². The predicted octanol–water partition coefficient (Wildman–Crippen LogP) is 1.44. The molecular weight excluding hydrogens is 343 g/mol. The lowest BCUT2D eigenvalue weighted by atomic mass is 9.83. The van der Waals surface area contributed by atoms with Crippen molar-refractivity contribution in [2.75, 3.05) is 24.6 Å². The number of nitrogens with zero attached hydrogens (tertiary/aromatic N) is 2. The van der Waals surface area contributed by atoms with E-state index in [1.807, 2.05) is 4.90 Å². The molecular formula is C18H23FN2O3S. The quantitative estimate of drug-likeness (QED) is 0.812. The van der Waals surface area contributed by atoms with Gasteiger partial charge in [0.05, 0.1) is 17.5 Å². The Balaban J connectivity index is 1.56. The Morgan fingerprint density at radius 2 is 1.84 bits per heavy atom. The van der Waals surface area contributed by atoms with Gasteiger partial charge >= 0.3 is 0 Å². The Kier molecular flexibility index (Phi) is 4.32. The van der Waals surface area contributed by atoms with Crippen LogP contribution in [0.5, 0.6) is 0 Å². The number of benzene rings is 1. The molecule has 2 heterocycles. The van der Waals surface area contributed by atoms with Crippen molar-refractivity contribution in [2.24, 2.45) is 5.92 Å². The van der Waals surface area contributed by atoms with Crippen LogP contribution in [0.4, 0.5) is 4.39 Å². The van der Waals surface area contributed by atoms with E-state index in [0.29, 0.717) is 25.2 Å². The Hall–Kier alpha value is -1.47. The summed E-state index contributed by atoms with van der Waals surface area (Å²) < 4.78 is 38.5. The molecule has 0 unspecified atom stereocenters. The summed E-state index contributed by atoms with van der Waals surface area (Å²) in [6, 6.07) is 6.07. The molecule has 2 atom stereocenters. The van der Waals surface area contributed by atoms with Crippen molar-refractivity contribution in [3.63, 3.8) is 0 Å². The largest absolute Gasteiger partial charge is 0.336 e. The molecule has 136 valence electrons. The lowest BCUT2D eigenvalue weighted by Gasteiger charge is -2.45. The third-order valence-corrected chi connectivity index (χ3v) is 7.56. The number of fused-ring (bicyclic) bond motifs is 1. The molecule has 0 spiro atoms. The lowest BCUT2D eigenvalue weighted by Crippen LogP contribution is -2.61. The predicted molar refractivity (Wildman–Crippen MR) is 92.1 cm³/mol. The van der Waals surface area contributed by atoms with Gasteiger partial charge in [-0.2, -0.15) is 0 Å². The van der Waals surface area contributed by atoms with Crippen LogP contribution in [0.2, 0.25) is 0 Å². The second-order valence-corrected chi connectivity index (χ2v) is 9.59. The lowest BCUT2D eigenvalue weighted by molar-refractivity contribution is -0.144. The smallest absolute Gasteiger partial charge is 0.226 e. The summed E-state index contributed by atoms with van der Waals surface area (Å²) in [5.74, 6) is 0.00336. The average Bonchev–Trinajstić information content (AvgIpc) is 2.83. The van der Waals surface area contributed by atoms with Gasteiger partial charge in [0.25, 0.3) is 0 Å². The summed E-state index contributed by atoms with van der Waals surface area (Å²) in [5, 5.41) is 0. The zero-order valence-electron chi connectivity index (χ0n) is 14.1. The molecule has 0 radical (unpaired) electrons. The van der Waals surface area contributed by atoms with Crippen LogP contribution in [0, 0.1) is 11.7 Å². The van der Waals surface area contributed by atoms with Gasteiger partial charge in [-0.25, -0.2) is 12.8 Å². The summed E-state index contributed by atoms with van der Waals surface area (Å²) in [5.41, 5.74) is 0.573. The van der Waals surface area contributed by atoms with E-state index in [9.17, 15) is 17.6 Å². The minimum Gasteiger partial charge on any atom is -0.336 e. The number of halogens is 1. The third kappa shape index (κ3) is 3.19. The van der Waals surface area contributed by atoms with E-state index in [-0.39, 0.29) is 41.2 Å². The maximum atomic E-state index is 14.0. The summed E-state index contributed by atoms with van der Waals surface area (Å²) in [4.78, 5) is 16.5. The zero-order chi connectivity index (χ0) is 17.6. The number of hydrogen-bond acceptors (Lipinski definition) is 4. The van der Waals surface area contributed by atoms with E-state index in [1.165, 1.54) is 6.07 Å². The molecule has 1 aromatic rings. The second kappa shape index (κ2) is 6.36. The number of rotatable bonds is 3. The molecule has 2 saturated heterocycles. The summed E-state index contributed by atoms with van der Waals surface area (Å²) in [6.07, 6.45) is 2.91. The van der Waals surface area contributed by atoms with Gasteiger partial charge in [0, 0.05) is 37.2 Å². The molecule has 25 heavy (non-hydrogen) atoms. The number of carbonyl (C=O) groups excluding carboxylic acids is 1. The number of amides is 1. The van der Waals surface area contributed by atoms with Gasteiger partial charge in [0.2, 0.25) is 5.91 Å². The number of sulfone groups is 1. The standard InChI is InChI=1S/C18H23FN2O3S/c19-15-7-2-1-4-14(15)10-20-8-9-21(18(22)13-5-3-6-13)17-12-25(23,24)11-16(17)20/h1-2,4,7,13,16-17H,3,5-6,8-12H2/t16-,17+/m1/s1. The first-order valence-corrected chi connectivity index (χ1v) is 10.7. The second-order valence-electron chi connectivity index (χ2n) is 7.43. The Morgan fingerprint density at radius 3 is 2.52 bits per heavy atom. The van der Waals surface area contributed by atoms with Crippen LogP contribution in [0.1, 0.15) is 24.8 Å². The van der Waals surface area contributed by atoms with Gasteiger partial charge in [0.1, 0.15) is 5.82 Å². The minimum atomic E-state index is -3.17. The molecule has 1 saturated carbocycles. The first-order chi connectivity index (χ1) is 11.9. The molecule has 1 aromatic carbocycles. The van der Waals surface area contributed by atoms with Crippen LogP contribution in [0.25, 0.3) is 0 Å². The van der Waals surface area contributed by atoms with Crippen LogP contribution in [-0.4, -0.2) is 60.8 Å². The minimum absolute atomic E-state index is 0.0316. The first kappa shape index (κ1) is 17.0. The van der Waals surface area contributed by atoms with Gasteiger partial charge < -0.3 is 4.90 Å². The van der Waals surface area contributed by atoms with Gasteiger partial charge in [-0.15, -0.1) is 0 Å². The molecule has 5 nitrogen and oxygen atoms in total. The Morgan fingerprint density at radius 1 is 1.12 bits per heavy atom. The third-order valence-electron chi connectivity index (χ3n) is 5.86. The first-order valence-electron chi connectivity index (χ1n) is 8.93. The van der Waals surface area contributed by atoms with Crippen LogP contribution in [0.3, 0.4) is 0 Å². The maximum absolute atomic E-state index is 14.0. The van der Waals surface area contributed by atoms with E-state index >= 15 is 0 Å². The van der Waals surface area contributed by atoms with Crippen molar-refractivity contribution in [3.8, 4) is 0 Å². The molecule has 0 aromatic heterocycles. The summed E-state index contributed by atoms with van der Waals surface area (Å²) in [7, 11) is -3.17. The average molecular weight is 366 g/mol. The Labute approximate surface area is 147 Å². The van der Waals surface area contributed by atoms with E-state index in [4.69, 9.17) is 0 Å². The normalized spacial score (nSPS) is 29.2. The van der Waals surface area contributed by atoms with Gasteiger partial charge in [-0.1, -0.05) is 24.6 Å². The highest BCUT2D eigenvalue weighted by Gasteiger charge is 2.49. The van der Waals surface area contributed by atoms with E-state index in [0.717, 1.165) is 19.3 Å². The molecule has 4 rings (SSSR count). The fraction of sp³-hybridized carbons (Fsp3) is 0.611. The van der Waals surface area contributed by atoms with Crippen molar-refractivity contribution in [1.82, 2.24) is 9.80 Å². The van der Waals surface area contributed by atoms with Crippen LogP contribution in [-0.2, 0) is 21.2 Å². The van der Waals surface area contributed by atoms with Crippen molar-refractivity contribution in [1.29, 1.82) is 0 Å². The Bertz CT molecular complexity index is 778. The number of hydrogen-bond donors (Lipinski definition) is 0. The topological polar surface area (TPSA) is 57.7 Å². The van der Waals surface area contributed by atoms with E-state index < -0.39 is 9.84 Å². The molecule has 2 aliphatic heterocycles. The molecule has 3 aliphatic rings. The molecule has 1 aliphatic carbocycles. The monoisotopic (exact) mass is 366 g/mol. The highest BCUT2D eigenvalue weighted by Crippen LogP contribution is 2.34. The van der Waals surface area contributed by atoms with Gasteiger partial charge in [-0.3, -0.25) is 9.69 Å². The summed E-state index contributed by atoms with van der Waals surface area (Å²) >= 11 is 0. The van der Waals surface area contributed by atoms with Gasteiger partial charge in [-0.05, 0) is 18.9 Å². The van der Waals surface area contributed by atoms with Crippen LogP contribution < -0.4 is 0 Å². The zero-order valence-corrected chi connectivity index (χ0v) is 14.9. The van der Waals surface area contributed by atoms with Gasteiger partial charge in [0.15, 0.2) is 9.84 Å². The molecule has 7 heteroatoms. The van der Waals surface area contributed by atoms with Crippen LogP contribution >= 0.6 is 0 Å². The maximum Gasteiger partial charge on any atom is 0.226 e. The van der Waals surface area contributed by atoms with Crippen molar-refractivity contribution < 1.29 is 17.6 Å². The fourth-order valence-corrected chi connectivity index (χ4v) is 6.24. The molecule has 0 N–H and O–H groups in total. The van der Waals surface area contributed by atoms with Crippen molar-refractivity contribution in [2.45, 2.75) is 37.9 Å². The SMILES string of the molecule is O=C(C1CCC1)N1CCN(Cc2ccccc2F)[C@@H]2CS(=O)(=O)C[C@@H]21. The van der Waals surface area contributed by atoms with Crippen molar-refractivity contribution >= 4 is 15.7 Å². The van der Waals surface area contributed by atoms with Crippen LogP contribution in [0.15, 0.2) is 24.3 Å². The molecule has 3 fully saturated rings. The number of piperazine rings is 1. The highest BCUT2D eigenvalue weighted by molar-refractivity contribution is 7.91. The fourth-order valence-electron chi connectivity index (χ4n) is 4.23. The molecule has 1 amide bonds. The van der Waals surface area contributed by atoms with Crippen molar-refractivity contribution in [3.05, 3.63) is 35.6 Å².